The summed E-state index contributed by atoms with van der Waals surface area (Å²) in [6.45, 7) is 5.66. The highest BCUT2D eigenvalue weighted by Crippen LogP contribution is 2.13. The van der Waals surface area contributed by atoms with Gasteiger partial charge < -0.3 is 15.2 Å². The third-order valence-electron chi connectivity index (χ3n) is 3.01. The molecule has 1 rings (SSSR count). The molecule has 0 aromatic heterocycles. The number of amides is 1. The Morgan fingerprint density at radius 3 is 2.33 bits per heavy atom. The third kappa shape index (κ3) is 5.85. The van der Waals surface area contributed by atoms with E-state index in [4.69, 9.17) is 9.84 Å². The van der Waals surface area contributed by atoms with Gasteiger partial charge >= 0.3 is 5.97 Å². The number of ether oxygens (including phenoxy) is 1. The van der Waals surface area contributed by atoms with Gasteiger partial charge in [0.1, 0.15) is 11.8 Å². The molecule has 1 aromatic rings. The monoisotopic (exact) mass is 293 g/mol. The molecule has 0 aliphatic rings. The highest BCUT2D eigenvalue weighted by Gasteiger charge is 2.26. The van der Waals surface area contributed by atoms with Crippen LogP contribution in [0.1, 0.15) is 33.6 Å². The molecule has 1 unspecified atom stereocenters. The van der Waals surface area contributed by atoms with Gasteiger partial charge in [0.05, 0.1) is 0 Å². The zero-order valence-corrected chi connectivity index (χ0v) is 12.7. The van der Waals surface area contributed by atoms with Crippen molar-refractivity contribution >= 4 is 11.9 Å². The van der Waals surface area contributed by atoms with Crippen LogP contribution in [-0.4, -0.2) is 29.1 Å². The lowest BCUT2D eigenvalue weighted by atomic mass is 10.0. The number of para-hydroxylation sites is 1. The molecule has 2 atom stereocenters. The van der Waals surface area contributed by atoms with Crippen molar-refractivity contribution in [3.05, 3.63) is 30.3 Å². The van der Waals surface area contributed by atoms with E-state index in [9.17, 15) is 9.59 Å². The molecule has 21 heavy (non-hydrogen) atoms. The Morgan fingerprint density at radius 2 is 1.86 bits per heavy atom. The van der Waals surface area contributed by atoms with Gasteiger partial charge in [-0.3, -0.25) is 4.79 Å². The van der Waals surface area contributed by atoms with Gasteiger partial charge in [-0.2, -0.15) is 0 Å². The molecule has 0 aliphatic carbocycles. The number of carbonyl (C=O) groups excluding carboxylic acids is 1. The number of carboxylic acid groups (broad SMARTS) is 1. The Morgan fingerprint density at radius 1 is 1.24 bits per heavy atom. The molecule has 0 saturated heterocycles. The van der Waals surface area contributed by atoms with E-state index in [2.05, 4.69) is 5.32 Å². The molecule has 5 nitrogen and oxygen atoms in total. The fourth-order valence-electron chi connectivity index (χ4n) is 1.94. The van der Waals surface area contributed by atoms with Crippen molar-refractivity contribution in [3.63, 3.8) is 0 Å². The first-order chi connectivity index (χ1) is 9.93. The van der Waals surface area contributed by atoms with Crippen LogP contribution in [0.15, 0.2) is 30.3 Å². The van der Waals surface area contributed by atoms with Gasteiger partial charge in [0.15, 0.2) is 6.10 Å². The fraction of sp³-hybridized carbons (Fsp3) is 0.500. The lowest BCUT2D eigenvalue weighted by Crippen LogP contribution is -2.47. The molecule has 1 aromatic carbocycles. The minimum absolute atomic E-state index is 0.182. The number of aliphatic carboxylic acids is 1. The summed E-state index contributed by atoms with van der Waals surface area (Å²) in [4.78, 5) is 23.4. The van der Waals surface area contributed by atoms with Gasteiger partial charge in [-0.25, -0.2) is 4.79 Å². The molecule has 1 amide bonds. The molecule has 0 radical (unpaired) electrons. The lowest BCUT2D eigenvalue weighted by molar-refractivity contribution is -0.143. The Kier molecular flexibility index (Phi) is 6.72. The molecule has 5 heteroatoms. The van der Waals surface area contributed by atoms with Crippen LogP contribution < -0.4 is 10.1 Å². The molecule has 0 bridgehead atoms. The number of hydrogen-bond acceptors (Lipinski definition) is 3. The van der Waals surface area contributed by atoms with E-state index in [1.54, 1.807) is 12.1 Å². The van der Waals surface area contributed by atoms with Crippen molar-refractivity contribution in [2.45, 2.75) is 45.8 Å². The van der Waals surface area contributed by atoms with Crippen LogP contribution in [0.5, 0.6) is 5.75 Å². The van der Waals surface area contributed by atoms with Gasteiger partial charge in [-0.15, -0.1) is 0 Å². The second kappa shape index (κ2) is 8.29. The summed E-state index contributed by atoms with van der Waals surface area (Å²) in [5.74, 6) is -0.641. The van der Waals surface area contributed by atoms with Crippen molar-refractivity contribution in [3.8, 4) is 5.75 Å². The first kappa shape index (κ1) is 17.0. The zero-order valence-electron chi connectivity index (χ0n) is 12.7. The molecule has 0 heterocycles. The average Bonchev–Trinajstić information content (AvgIpc) is 2.44. The summed E-state index contributed by atoms with van der Waals surface area (Å²) in [7, 11) is 0. The zero-order chi connectivity index (χ0) is 15.8. The van der Waals surface area contributed by atoms with Crippen molar-refractivity contribution in [1.82, 2.24) is 5.32 Å². The standard InChI is InChI=1S/C16H23NO4/c1-4-14(21-12-8-6-5-7-9-12)15(18)17-13(16(19)20)10-11(2)3/h5-9,11,13-14H,4,10H2,1-3H3,(H,17,18)(H,19,20)/t13-,14?/m0/s1. The smallest absolute Gasteiger partial charge is 0.326 e. The van der Waals surface area contributed by atoms with Gasteiger partial charge in [0, 0.05) is 0 Å². The van der Waals surface area contributed by atoms with Crippen molar-refractivity contribution in [1.29, 1.82) is 0 Å². The highest BCUT2D eigenvalue weighted by atomic mass is 16.5. The first-order valence-electron chi connectivity index (χ1n) is 7.18. The minimum atomic E-state index is -1.02. The summed E-state index contributed by atoms with van der Waals surface area (Å²) in [5, 5.41) is 11.7. The summed E-state index contributed by atoms with van der Waals surface area (Å²) in [5.41, 5.74) is 0. The van der Waals surface area contributed by atoms with E-state index in [0.29, 0.717) is 18.6 Å². The maximum Gasteiger partial charge on any atom is 0.326 e. The first-order valence-corrected chi connectivity index (χ1v) is 7.18. The molecule has 116 valence electrons. The fourth-order valence-corrected chi connectivity index (χ4v) is 1.94. The van der Waals surface area contributed by atoms with E-state index in [1.165, 1.54) is 0 Å². The third-order valence-corrected chi connectivity index (χ3v) is 3.01. The van der Waals surface area contributed by atoms with Crippen LogP contribution in [0.4, 0.5) is 0 Å². The predicted molar refractivity (Wildman–Crippen MR) is 80.2 cm³/mol. The second-order valence-corrected chi connectivity index (χ2v) is 5.36. The maximum atomic E-state index is 12.2. The van der Waals surface area contributed by atoms with E-state index < -0.39 is 24.0 Å². The van der Waals surface area contributed by atoms with Crippen LogP contribution in [-0.2, 0) is 9.59 Å². The van der Waals surface area contributed by atoms with Crippen molar-refractivity contribution in [2.75, 3.05) is 0 Å². The number of rotatable bonds is 8. The van der Waals surface area contributed by atoms with Crippen LogP contribution in [0.25, 0.3) is 0 Å². The Balaban J connectivity index is 2.67. The SMILES string of the molecule is CCC(Oc1ccccc1)C(=O)N[C@@H](CC(C)C)C(=O)O. The minimum Gasteiger partial charge on any atom is -0.481 e. The second-order valence-electron chi connectivity index (χ2n) is 5.36. The maximum absolute atomic E-state index is 12.2. The van der Waals surface area contributed by atoms with E-state index in [-0.39, 0.29) is 5.92 Å². The Bertz CT molecular complexity index is 459. The summed E-state index contributed by atoms with van der Waals surface area (Å²) in [6.07, 6.45) is 0.166. The van der Waals surface area contributed by atoms with E-state index in [1.807, 2.05) is 39.0 Å². The molecule has 2 N–H and O–H groups in total. The molecular formula is C16H23NO4. The predicted octanol–water partition coefficient (Wildman–Crippen LogP) is 2.46. The van der Waals surface area contributed by atoms with Crippen molar-refractivity contribution < 1.29 is 19.4 Å². The van der Waals surface area contributed by atoms with E-state index >= 15 is 0 Å². The number of nitrogens with one attached hydrogen (secondary N) is 1. The summed E-state index contributed by atoms with van der Waals surface area (Å²) in [6, 6.07) is 8.14. The van der Waals surface area contributed by atoms with Crippen LogP contribution in [0.3, 0.4) is 0 Å². The van der Waals surface area contributed by atoms with Crippen LogP contribution in [0, 0.1) is 5.92 Å². The largest absolute Gasteiger partial charge is 0.481 e. The molecule has 0 spiro atoms. The van der Waals surface area contributed by atoms with Gasteiger partial charge in [0.2, 0.25) is 0 Å². The Hall–Kier alpha value is -2.04. The number of benzene rings is 1. The molecule has 0 fully saturated rings. The van der Waals surface area contributed by atoms with Gasteiger partial charge in [-0.1, -0.05) is 39.0 Å². The normalized spacial score (nSPS) is 13.5. The lowest BCUT2D eigenvalue weighted by Gasteiger charge is -2.21. The highest BCUT2D eigenvalue weighted by molar-refractivity contribution is 5.86. The Labute approximate surface area is 125 Å². The molecular weight excluding hydrogens is 270 g/mol. The van der Waals surface area contributed by atoms with Gasteiger partial charge in [0.25, 0.3) is 5.91 Å². The van der Waals surface area contributed by atoms with Crippen molar-refractivity contribution in [2.24, 2.45) is 5.92 Å². The van der Waals surface area contributed by atoms with E-state index in [0.717, 1.165) is 0 Å². The summed E-state index contributed by atoms with van der Waals surface area (Å²) >= 11 is 0. The summed E-state index contributed by atoms with van der Waals surface area (Å²) < 4.78 is 5.61. The van der Waals surface area contributed by atoms with Crippen LogP contribution in [0.2, 0.25) is 0 Å². The number of carboxylic acids is 1. The van der Waals surface area contributed by atoms with Crippen LogP contribution >= 0.6 is 0 Å². The number of hydrogen-bond donors (Lipinski definition) is 2. The van der Waals surface area contributed by atoms with Gasteiger partial charge in [-0.05, 0) is 30.9 Å². The average molecular weight is 293 g/mol. The topological polar surface area (TPSA) is 75.6 Å². The molecule has 0 aliphatic heterocycles. The quantitative estimate of drug-likeness (QED) is 0.772. The number of carbonyl (C=O) groups is 2. The molecule has 0 saturated carbocycles.